The van der Waals surface area contributed by atoms with E-state index in [-0.39, 0.29) is 29.5 Å². The number of likely N-dealkylation sites (N-methyl/N-ethyl adjacent to an activating group) is 1. The summed E-state index contributed by atoms with van der Waals surface area (Å²) in [6.07, 6.45) is -1.11. The minimum absolute atomic E-state index is 0.166. The zero-order chi connectivity index (χ0) is 23.8. The highest BCUT2D eigenvalue weighted by Gasteiger charge is 2.48. The molecule has 1 saturated heterocycles. The van der Waals surface area contributed by atoms with Gasteiger partial charge in [0.1, 0.15) is 11.1 Å². The van der Waals surface area contributed by atoms with Crippen LogP contribution in [-0.2, 0) is 11.0 Å². The molecule has 32 heavy (non-hydrogen) atoms. The molecule has 0 unspecified atom stereocenters. The molecule has 1 aromatic carbocycles. The smallest absolute Gasteiger partial charge is 0.417 e. The van der Waals surface area contributed by atoms with Crippen LogP contribution in [0.1, 0.15) is 38.3 Å². The number of nitrogens with zero attached hydrogens (tertiary/aromatic N) is 2. The first-order valence-electron chi connectivity index (χ1n) is 10.0. The summed E-state index contributed by atoms with van der Waals surface area (Å²) in [5.74, 6) is -0.285. The number of alkyl halides is 3. The third-order valence-corrected chi connectivity index (χ3v) is 5.59. The predicted octanol–water partition coefficient (Wildman–Crippen LogP) is 4.32. The monoisotopic (exact) mass is 451 g/mol. The fourth-order valence-electron chi connectivity index (χ4n) is 3.61. The Morgan fingerprint density at radius 2 is 1.88 bits per heavy atom. The lowest BCUT2D eigenvalue weighted by Crippen LogP contribution is -2.41. The fourth-order valence-corrected chi connectivity index (χ4v) is 3.61. The topological polar surface area (TPSA) is 82.9 Å². The molecule has 1 N–H and O–H groups in total. The molecule has 1 fully saturated rings. The molecule has 2 heterocycles. The highest BCUT2D eigenvalue weighted by Crippen LogP contribution is 2.37. The van der Waals surface area contributed by atoms with Gasteiger partial charge in [0.25, 0.3) is 5.91 Å². The van der Waals surface area contributed by atoms with Crippen LogP contribution in [0.2, 0.25) is 0 Å². The number of carbonyl (C=O) groups is 2. The number of imide groups is 1. The van der Waals surface area contributed by atoms with Crippen LogP contribution in [0.3, 0.4) is 0 Å². The van der Waals surface area contributed by atoms with E-state index in [1.165, 1.54) is 21.9 Å². The van der Waals surface area contributed by atoms with Crippen molar-refractivity contribution in [3.8, 4) is 0 Å². The minimum atomic E-state index is -4.70. The molecule has 7 nitrogen and oxygen atoms in total. The van der Waals surface area contributed by atoms with Gasteiger partial charge in [0.2, 0.25) is 0 Å². The lowest BCUT2D eigenvalue weighted by Gasteiger charge is -2.22. The van der Waals surface area contributed by atoms with Gasteiger partial charge in [0.15, 0.2) is 0 Å². The van der Waals surface area contributed by atoms with Crippen LogP contribution < -0.4 is 10.9 Å². The van der Waals surface area contributed by atoms with Crippen molar-refractivity contribution in [2.75, 3.05) is 25.5 Å². The van der Waals surface area contributed by atoms with Crippen molar-refractivity contribution >= 4 is 34.7 Å². The van der Waals surface area contributed by atoms with E-state index in [0.717, 1.165) is 0 Å². The number of rotatable bonds is 6. The Morgan fingerprint density at radius 3 is 2.44 bits per heavy atom. The predicted molar refractivity (Wildman–Crippen MR) is 114 cm³/mol. The molecule has 0 bridgehead atoms. The maximum atomic E-state index is 13.4. The van der Waals surface area contributed by atoms with Gasteiger partial charge >= 0.3 is 17.8 Å². The molecular formula is C22H24F3N3O4. The first kappa shape index (κ1) is 23.4. The first-order valence-corrected chi connectivity index (χ1v) is 10.0. The van der Waals surface area contributed by atoms with Crippen LogP contribution in [0.15, 0.2) is 33.5 Å². The highest BCUT2D eigenvalue weighted by molar-refractivity contribution is 6.06. The summed E-state index contributed by atoms with van der Waals surface area (Å²) >= 11 is 0. The number of amides is 3. The first-order chi connectivity index (χ1) is 14.9. The second kappa shape index (κ2) is 8.33. The molecular weight excluding hydrogens is 427 g/mol. The van der Waals surface area contributed by atoms with Crippen molar-refractivity contribution in [3.63, 3.8) is 0 Å². The van der Waals surface area contributed by atoms with E-state index in [1.807, 2.05) is 0 Å². The summed E-state index contributed by atoms with van der Waals surface area (Å²) < 4.78 is 45.3. The third-order valence-electron chi connectivity index (χ3n) is 5.59. The number of hydrogen-bond acceptors (Lipinski definition) is 5. The average molecular weight is 451 g/mol. The van der Waals surface area contributed by atoms with Crippen molar-refractivity contribution in [1.29, 1.82) is 0 Å². The normalized spacial score (nSPS) is 16.6. The lowest BCUT2D eigenvalue weighted by molar-refractivity contribution is -0.136. The van der Waals surface area contributed by atoms with Crippen LogP contribution in [0.25, 0.3) is 17.0 Å². The van der Waals surface area contributed by atoms with E-state index in [9.17, 15) is 27.6 Å². The molecule has 0 saturated carbocycles. The molecule has 3 rings (SSSR count). The van der Waals surface area contributed by atoms with Crippen molar-refractivity contribution in [2.24, 2.45) is 0 Å². The van der Waals surface area contributed by atoms with Gasteiger partial charge in [-0.1, -0.05) is 12.2 Å². The number of anilines is 1. The van der Waals surface area contributed by atoms with E-state index in [1.54, 1.807) is 40.0 Å². The number of hydrogen-bond donors (Lipinski definition) is 1. The minimum Gasteiger partial charge on any atom is -0.422 e. The van der Waals surface area contributed by atoms with E-state index in [4.69, 9.17) is 4.42 Å². The van der Waals surface area contributed by atoms with Gasteiger partial charge in [-0.05, 0) is 39.3 Å². The summed E-state index contributed by atoms with van der Waals surface area (Å²) in [7, 11) is 1.57. The Labute approximate surface area is 182 Å². The molecule has 2 aromatic rings. The molecule has 3 amide bonds. The second-order valence-electron chi connectivity index (χ2n) is 8.02. The average Bonchev–Trinajstić information content (AvgIpc) is 2.85. The van der Waals surface area contributed by atoms with Gasteiger partial charge < -0.3 is 14.6 Å². The quantitative estimate of drug-likeness (QED) is 0.402. The van der Waals surface area contributed by atoms with E-state index < -0.39 is 22.9 Å². The number of benzene rings is 1. The highest BCUT2D eigenvalue weighted by atomic mass is 19.4. The number of urea groups is 1. The SMILES string of the molecule is CC=Cc1c(NCCCN2C(=O)N(C)C(C)(C)C2=O)ccc2c(C(F)(F)F)cc(=O)oc12. The zero-order valence-corrected chi connectivity index (χ0v) is 18.2. The summed E-state index contributed by atoms with van der Waals surface area (Å²) in [5.41, 5.74) is -2.45. The number of fused-ring (bicyclic) bond motifs is 1. The van der Waals surface area contributed by atoms with Gasteiger partial charge in [0, 0.05) is 42.8 Å². The van der Waals surface area contributed by atoms with Gasteiger partial charge in [-0.15, -0.1) is 0 Å². The molecule has 10 heteroatoms. The molecule has 1 aliphatic heterocycles. The standard InChI is InChI=1S/C22H24F3N3O4/c1-5-7-14-16(9-8-13-15(22(23,24)25)12-17(29)32-18(13)14)26-10-6-11-28-19(30)21(2,3)27(4)20(28)31/h5,7-9,12,26H,6,10-11H2,1-4H3. The van der Waals surface area contributed by atoms with Gasteiger partial charge in [-0.2, -0.15) is 13.2 Å². The molecule has 172 valence electrons. The van der Waals surface area contributed by atoms with E-state index >= 15 is 0 Å². The molecule has 1 aliphatic rings. The number of carbonyl (C=O) groups excluding carboxylic acids is 2. The Bertz CT molecular complexity index is 1150. The number of nitrogens with one attached hydrogen (secondary N) is 1. The largest absolute Gasteiger partial charge is 0.422 e. The maximum absolute atomic E-state index is 13.4. The Morgan fingerprint density at radius 1 is 1.19 bits per heavy atom. The summed E-state index contributed by atoms with van der Waals surface area (Å²) in [4.78, 5) is 39.1. The Balaban J connectivity index is 1.83. The summed E-state index contributed by atoms with van der Waals surface area (Å²) in [6, 6.07) is 2.80. The Kier molecular flexibility index (Phi) is 6.08. The zero-order valence-electron chi connectivity index (χ0n) is 18.2. The van der Waals surface area contributed by atoms with Crippen molar-refractivity contribution in [1.82, 2.24) is 9.80 Å². The third kappa shape index (κ3) is 4.09. The summed E-state index contributed by atoms with van der Waals surface area (Å²) in [5, 5.41) is 2.88. The molecule has 0 spiro atoms. The lowest BCUT2D eigenvalue weighted by atomic mass is 10.0. The van der Waals surface area contributed by atoms with Crippen LogP contribution >= 0.6 is 0 Å². The molecule has 1 aromatic heterocycles. The van der Waals surface area contributed by atoms with Crippen molar-refractivity contribution in [3.05, 3.63) is 45.8 Å². The van der Waals surface area contributed by atoms with E-state index in [2.05, 4.69) is 5.32 Å². The second-order valence-corrected chi connectivity index (χ2v) is 8.02. The van der Waals surface area contributed by atoms with Crippen LogP contribution in [-0.4, -0.2) is 47.4 Å². The van der Waals surface area contributed by atoms with Crippen molar-refractivity contribution in [2.45, 2.75) is 38.9 Å². The molecule has 0 atom stereocenters. The fraction of sp³-hybridized carbons (Fsp3) is 0.409. The number of allylic oxidation sites excluding steroid dienone is 1. The number of halogens is 3. The molecule has 0 radical (unpaired) electrons. The van der Waals surface area contributed by atoms with Crippen LogP contribution in [0.4, 0.5) is 23.7 Å². The maximum Gasteiger partial charge on any atom is 0.417 e. The Hall–Kier alpha value is -3.30. The summed E-state index contributed by atoms with van der Waals surface area (Å²) in [6.45, 7) is 5.57. The van der Waals surface area contributed by atoms with Gasteiger partial charge in [-0.3, -0.25) is 9.69 Å². The molecule has 0 aliphatic carbocycles. The van der Waals surface area contributed by atoms with Crippen molar-refractivity contribution < 1.29 is 27.2 Å². The van der Waals surface area contributed by atoms with Gasteiger partial charge in [-0.25, -0.2) is 9.59 Å². The van der Waals surface area contributed by atoms with Crippen LogP contribution in [0.5, 0.6) is 0 Å². The van der Waals surface area contributed by atoms with E-state index in [0.29, 0.717) is 30.3 Å². The van der Waals surface area contributed by atoms with Crippen LogP contribution in [0, 0.1) is 0 Å². The van der Waals surface area contributed by atoms with Gasteiger partial charge in [0.05, 0.1) is 5.56 Å².